The maximum atomic E-state index is 4.60. The Balaban J connectivity index is 2.23. The van der Waals surface area contributed by atoms with Gasteiger partial charge >= 0.3 is 0 Å². The van der Waals surface area contributed by atoms with Crippen molar-refractivity contribution in [3.05, 3.63) is 12.6 Å². The fourth-order valence-electron chi connectivity index (χ4n) is 1.02. The Hall–Kier alpha value is -1.72. The predicted octanol–water partition coefficient (Wildman–Crippen LogP) is 0.738. The maximum absolute atomic E-state index is 4.60. The first-order valence-corrected chi connectivity index (χ1v) is 4.07. The molecule has 0 fully saturated rings. The van der Waals surface area contributed by atoms with Gasteiger partial charge in [0.2, 0.25) is 12.2 Å². The lowest BCUT2D eigenvalue weighted by molar-refractivity contribution is 0.418. The topological polar surface area (TPSA) is 69.6 Å². The summed E-state index contributed by atoms with van der Waals surface area (Å²) in [6, 6.07) is 0. The highest BCUT2D eigenvalue weighted by atomic mass is 16.5. The molecule has 6 heteroatoms. The van der Waals surface area contributed by atoms with Crippen molar-refractivity contribution in [1.82, 2.24) is 25.1 Å². The van der Waals surface area contributed by atoms with Crippen molar-refractivity contribution in [2.24, 2.45) is 0 Å². The van der Waals surface area contributed by atoms with Crippen LogP contribution in [-0.4, -0.2) is 25.1 Å². The minimum absolute atomic E-state index is 0.474. The molecule has 0 aromatic carbocycles. The van der Waals surface area contributed by atoms with Crippen LogP contribution in [0.15, 0.2) is 17.1 Å². The number of hydrogen-bond acceptors (Lipinski definition) is 5. The molecular formula is C7H9N5O. The summed E-state index contributed by atoms with van der Waals surface area (Å²) in [5.74, 6) is 0.474. The van der Waals surface area contributed by atoms with Crippen molar-refractivity contribution < 1.29 is 4.52 Å². The van der Waals surface area contributed by atoms with Crippen molar-refractivity contribution in [3.63, 3.8) is 0 Å². The van der Waals surface area contributed by atoms with Gasteiger partial charge in [0.15, 0.2) is 5.69 Å². The molecule has 0 spiro atoms. The highest BCUT2D eigenvalue weighted by Gasteiger charge is 2.07. The fraction of sp³-hybridized carbons (Fsp3) is 0.429. The van der Waals surface area contributed by atoms with E-state index >= 15 is 0 Å². The molecule has 0 aliphatic rings. The van der Waals surface area contributed by atoms with Gasteiger partial charge in [0.05, 0.1) is 6.20 Å². The van der Waals surface area contributed by atoms with E-state index in [1.807, 2.05) is 0 Å². The van der Waals surface area contributed by atoms with Crippen LogP contribution < -0.4 is 0 Å². The second kappa shape index (κ2) is 3.34. The number of rotatable bonds is 3. The Kier molecular flexibility index (Phi) is 2.03. The van der Waals surface area contributed by atoms with Crippen molar-refractivity contribution >= 4 is 0 Å². The van der Waals surface area contributed by atoms with Crippen LogP contribution in [0.2, 0.25) is 0 Å². The Morgan fingerprint density at radius 1 is 1.54 bits per heavy atom. The van der Waals surface area contributed by atoms with Crippen LogP contribution >= 0.6 is 0 Å². The van der Waals surface area contributed by atoms with Crippen LogP contribution in [-0.2, 0) is 6.54 Å². The minimum atomic E-state index is 0.474. The van der Waals surface area contributed by atoms with E-state index in [-0.39, 0.29) is 0 Å². The van der Waals surface area contributed by atoms with E-state index in [0.29, 0.717) is 11.5 Å². The van der Waals surface area contributed by atoms with Crippen molar-refractivity contribution in [1.29, 1.82) is 0 Å². The minimum Gasteiger partial charge on any atom is -0.342 e. The van der Waals surface area contributed by atoms with Gasteiger partial charge in [-0.1, -0.05) is 17.3 Å². The summed E-state index contributed by atoms with van der Waals surface area (Å²) in [7, 11) is 0. The fourth-order valence-corrected chi connectivity index (χ4v) is 1.02. The third-order valence-electron chi connectivity index (χ3n) is 1.58. The normalized spacial score (nSPS) is 10.5. The summed E-state index contributed by atoms with van der Waals surface area (Å²) in [6.07, 6.45) is 4.09. The SMILES string of the molecule is CCCn1cc(-c2ncon2)nn1. The summed E-state index contributed by atoms with van der Waals surface area (Å²) in [5, 5.41) is 11.5. The number of hydrogen-bond donors (Lipinski definition) is 0. The second-order valence-corrected chi connectivity index (χ2v) is 2.62. The van der Waals surface area contributed by atoms with Crippen LogP contribution in [0, 0.1) is 0 Å². The Labute approximate surface area is 74.6 Å². The lowest BCUT2D eigenvalue weighted by atomic mass is 10.4. The largest absolute Gasteiger partial charge is 0.342 e. The standard InChI is InChI=1S/C7H9N5O/c1-2-3-12-4-6(9-11-12)7-8-5-13-10-7/h4-5H,2-3H2,1H3. The molecule has 0 aliphatic heterocycles. The molecule has 0 saturated heterocycles. The van der Waals surface area contributed by atoms with Crippen molar-refractivity contribution in [2.75, 3.05) is 0 Å². The number of aryl methyl sites for hydroxylation is 1. The van der Waals surface area contributed by atoms with E-state index in [4.69, 9.17) is 0 Å². The molecular weight excluding hydrogens is 170 g/mol. The number of nitrogens with zero attached hydrogens (tertiary/aromatic N) is 5. The molecule has 2 heterocycles. The zero-order chi connectivity index (χ0) is 9.10. The molecule has 0 aliphatic carbocycles. The molecule has 0 bridgehead atoms. The lowest BCUT2D eigenvalue weighted by Gasteiger charge is -1.91. The smallest absolute Gasteiger partial charge is 0.224 e. The van der Waals surface area contributed by atoms with Crippen LogP contribution in [0.1, 0.15) is 13.3 Å². The summed E-state index contributed by atoms with van der Waals surface area (Å²) in [5.41, 5.74) is 0.641. The zero-order valence-corrected chi connectivity index (χ0v) is 7.21. The third kappa shape index (κ3) is 1.56. The molecule has 0 saturated carbocycles. The first-order chi connectivity index (χ1) is 6.40. The molecule has 0 N–H and O–H groups in total. The van der Waals surface area contributed by atoms with Gasteiger partial charge in [-0.2, -0.15) is 4.98 Å². The average Bonchev–Trinajstić information content (AvgIpc) is 2.70. The molecule has 6 nitrogen and oxygen atoms in total. The summed E-state index contributed by atoms with van der Waals surface area (Å²) in [4.78, 5) is 3.87. The maximum Gasteiger partial charge on any atom is 0.224 e. The molecule has 0 unspecified atom stereocenters. The quantitative estimate of drug-likeness (QED) is 0.694. The highest BCUT2D eigenvalue weighted by Crippen LogP contribution is 2.08. The Morgan fingerprint density at radius 2 is 2.46 bits per heavy atom. The van der Waals surface area contributed by atoms with E-state index < -0.39 is 0 Å². The molecule has 0 atom stereocenters. The number of aromatic nitrogens is 5. The molecule has 0 amide bonds. The Morgan fingerprint density at radius 3 is 3.15 bits per heavy atom. The van der Waals surface area contributed by atoms with Gasteiger partial charge in [-0.25, -0.2) is 0 Å². The molecule has 68 valence electrons. The van der Waals surface area contributed by atoms with Crippen LogP contribution in [0.3, 0.4) is 0 Å². The zero-order valence-electron chi connectivity index (χ0n) is 7.21. The van der Waals surface area contributed by atoms with Crippen LogP contribution in [0.4, 0.5) is 0 Å². The van der Waals surface area contributed by atoms with Gasteiger partial charge in [-0.15, -0.1) is 5.10 Å². The van der Waals surface area contributed by atoms with Crippen molar-refractivity contribution in [2.45, 2.75) is 19.9 Å². The summed E-state index contributed by atoms with van der Waals surface area (Å²) in [6.45, 7) is 2.93. The first kappa shape index (κ1) is 7.90. The Bertz CT molecular complexity index is 366. The second-order valence-electron chi connectivity index (χ2n) is 2.62. The predicted molar refractivity (Wildman–Crippen MR) is 43.6 cm³/mol. The van der Waals surface area contributed by atoms with E-state index in [1.54, 1.807) is 10.9 Å². The van der Waals surface area contributed by atoms with Gasteiger partial charge in [-0.05, 0) is 6.42 Å². The first-order valence-electron chi connectivity index (χ1n) is 4.07. The van der Waals surface area contributed by atoms with Crippen molar-refractivity contribution in [3.8, 4) is 11.5 Å². The highest BCUT2D eigenvalue weighted by molar-refractivity contribution is 5.44. The molecule has 13 heavy (non-hydrogen) atoms. The van der Waals surface area contributed by atoms with Crippen LogP contribution in [0.25, 0.3) is 11.5 Å². The van der Waals surface area contributed by atoms with Gasteiger partial charge in [0, 0.05) is 6.54 Å². The van der Waals surface area contributed by atoms with Gasteiger partial charge in [0.1, 0.15) is 0 Å². The van der Waals surface area contributed by atoms with E-state index in [1.165, 1.54) is 6.39 Å². The lowest BCUT2D eigenvalue weighted by Crippen LogP contribution is -1.96. The summed E-state index contributed by atoms with van der Waals surface area (Å²) < 4.78 is 6.36. The monoisotopic (exact) mass is 179 g/mol. The third-order valence-corrected chi connectivity index (χ3v) is 1.58. The molecule has 2 rings (SSSR count). The molecule has 2 aromatic heterocycles. The summed E-state index contributed by atoms with van der Waals surface area (Å²) >= 11 is 0. The average molecular weight is 179 g/mol. The molecule has 0 radical (unpaired) electrons. The molecule has 2 aromatic rings. The van der Waals surface area contributed by atoms with Crippen LogP contribution in [0.5, 0.6) is 0 Å². The van der Waals surface area contributed by atoms with E-state index in [2.05, 4.69) is 31.9 Å². The van der Waals surface area contributed by atoms with E-state index in [9.17, 15) is 0 Å². The van der Waals surface area contributed by atoms with Gasteiger partial charge in [-0.3, -0.25) is 4.68 Å². The van der Waals surface area contributed by atoms with Gasteiger partial charge < -0.3 is 4.52 Å². The van der Waals surface area contributed by atoms with Gasteiger partial charge in [0.25, 0.3) is 0 Å². The van der Waals surface area contributed by atoms with E-state index in [0.717, 1.165) is 13.0 Å².